The van der Waals surface area contributed by atoms with Gasteiger partial charge in [0.2, 0.25) is 5.91 Å². The van der Waals surface area contributed by atoms with Crippen LogP contribution in [-0.4, -0.2) is 40.9 Å². The topological polar surface area (TPSA) is 32.3 Å². The zero-order valence-corrected chi connectivity index (χ0v) is 17.4. The molecular weight excluding hydrogens is 384 g/mol. The lowest BCUT2D eigenvalue weighted by molar-refractivity contribution is -0.126. The summed E-state index contributed by atoms with van der Waals surface area (Å²) in [4.78, 5) is 14.7. The number of nitrogens with one attached hydrogen (secondary N) is 1. The van der Waals surface area contributed by atoms with Crippen molar-refractivity contribution in [3.63, 3.8) is 0 Å². The van der Waals surface area contributed by atoms with E-state index in [1.807, 2.05) is 11.8 Å². The highest BCUT2D eigenvalue weighted by molar-refractivity contribution is 9.10. The number of nitrogens with zero attached hydrogens (tertiary/aromatic N) is 1. The molecule has 1 aliphatic rings. The number of hydrogen-bond acceptors (Lipinski definition) is 3. The van der Waals surface area contributed by atoms with Crippen LogP contribution in [0, 0.1) is 5.92 Å². The highest BCUT2D eigenvalue weighted by Crippen LogP contribution is 2.23. The molecule has 134 valence electrons. The van der Waals surface area contributed by atoms with Crippen LogP contribution >= 0.6 is 27.7 Å². The average Bonchev–Trinajstić information content (AvgIpc) is 2.51. The lowest BCUT2D eigenvalue weighted by atomic mass is 9.95. The predicted octanol–water partition coefficient (Wildman–Crippen LogP) is 4.31. The third-order valence-electron chi connectivity index (χ3n) is 4.19. The summed E-state index contributed by atoms with van der Waals surface area (Å²) in [5, 5.41) is 3.11. The summed E-state index contributed by atoms with van der Waals surface area (Å²) >= 11 is 5.42. The molecule has 0 bridgehead atoms. The summed E-state index contributed by atoms with van der Waals surface area (Å²) in [6.45, 7) is 10.4. The van der Waals surface area contributed by atoms with Gasteiger partial charge in [0.25, 0.3) is 0 Å². The number of benzene rings is 1. The maximum atomic E-state index is 12.3. The molecule has 1 N–H and O–H groups in total. The summed E-state index contributed by atoms with van der Waals surface area (Å²) in [5.74, 6) is 1.41. The van der Waals surface area contributed by atoms with Crippen molar-refractivity contribution in [1.82, 2.24) is 10.2 Å². The summed E-state index contributed by atoms with van der Waals surface area (Å²) < 4.78 is 1.39. The van der Waals surface area contributed by atoms with Gasteiger partial charge in [0, 0.05) is 34.0 Å². The van der Waals surface area contributed by atoms with E-state index in [-0.39, 0.29) is 16.6 Å². The van der Waals surface area contributed by atoms with E-state index < -0.39 is 0 Å². The average molecular weight is 413 g/mol. The molecule has 0 spiro atoms. The van der Waals surface area contributed by atoms with Gasteiger partial charge in [-0.05, 0) is 43.6 Å². The Hall–Kier alpha value is -0.520. The summed E-state index contributed by atoms with van der Waals surface area (Å²) in [5.41, 5.74) is 1.33. The van der Waals surface area contributed by atoms with Crippen molar-refractivity contribution in [3.8, 4) is 0 Å². The first kappa shape index (κ1) is 19.8. The molecule has 0 saturated carbocycles. The SMILES string of the molecule is CC(C)(C)SCCNC(=O)C1CCN(Cc2cccc(Br)c2)CC1. The number of amides is 1. The molecule has 1 amide bonds. The Morgan fingerprint density at radius 1 is 1.33 bits per heavy atom. The van der Waals surface area contributed by atoms with E-state index in [9.17, 15) is 4.79 Å². The number of halogens is 1. The van der Waals surface area contributed by atoms with E-state index in [1.165, 1.54) is 5.56 Å². The van der Waals surface area contributed by atoms with Crippen LogP contribution in [0.1, 0.15) is 39.2 Å². The monoisotopic (exact) mass is 412 g/mol. The Kier molecular flexibility index (Phi) is 7.63. The van der Waals surface area contributed by atoms with Gasteiger partial charge in [0.1, 0.15) is 0 Å². The molecule has 1 saturated heterocycles. The Balaban J connectivity index is 1.67. The van der Waals surface area contributed by atoms with E-state index in [2.05, 4.69) is 71.2 Å². The Bertz CT molecular complexity index is 536. The lowest BCUT2D eigenvalue weighted by Gasteiger charge is -2.31. The minimum Gasteiger partial charge on any atom is -0.355 e. The molecule has 0 atom stereocenters. The molecule has 0 unspecified atom stereocenters. The summed E-state index contributed by atoms with van der Waals surface area (Å²) in [6.07, 6.45) is 1.93. The molecule has 24 heavy (non-hydrogen) atoms. The maximum absolute atomic E-state index is 12.3. The molecule has 0 aromatic heterocycles. The quantitative estimate of drug-likeness (QED) is 0.706. The first-order valence-corrected chi connectivity index (χ1v) is 10.5. The number of carbonyl (C=O) groups excluding carboxylic acids is 1. The molecule has 3 nitrogen and oxygen atoms in total. The second-order valence-corrected chi connectivity index (χ2v) is 10.3. The fourth-order valence-corrected chi connectivity index (χ4v) is 4.19. The largest absolute Gasteiger partial charge is 0.355 e. The molecule has 1 fully saturated rings. The van der Waals surface area contributed by atoms with Crippen molar-refractivity contribution in [3.05, 3.63) is 34.3 Å². The van der Waals surface area contributed by atoms with Gasteiger partial charge in [-0.25, -0.2) is 0 Å². The Morgan fingerprint density at radius 3 is 2.67 bits per heavy atom. The predicted molar refractivity (Wildman–Crippen MR) is 107 cm³/mol. The van der Waals surface area contributed by atoms with Crippen LogP contribution in [-0.2, 0) is 11.3 Å². The minimum atomic E-state index is 0.184. The summed E-state index contributed by atoms with van der Waals surface area (Å²) in [6, 6.07) is 8.47. The first-order valence-electron chi connectivity index (χ1n) is 8.72. The van der Waals surface area contributed by atoms with E-state index in [0.717, 1.165) is 49.2 Å². The van der Waals surface area contributed by atoms with Gasteiger partial charge in [0.05, 0.1) is 0 Å². The summed E-state index contributed by atoms with van der Waals surface area (Å²) in [7, 11) is 0. The molecular formula is C19H29BrN2OS. The minimum absolute atomic E-state index is 0.184. The zero-order valence-electron chi connectivity index (χ0n) is 15.0. The van der Waals surface area contributed by atoms with Crippen LogP contribution in [0.15, 0.2) is 28.7 Å². The standard InChI is InChI=1S/C19H29BrN2OS/c1-19(2,3)24-12-9-21-18(23)16-7-10-22(11-8-16)14-15-5-4-6-17(20)13-15/h4-6,13,16H,7-12,14H2,1-3H3,(H,21,23). The van der Waals surface area contributed by atoms with Crippen molar-refractivity contribution in [2.75, 3.05) is 25.4 Å². The second-order valence-electron chi connectivity index (χ2n) is 7.43. The highest BCUT2D eigenvalue weighted by Gasteiger charge is 2.24. The fraction of sp³-hybridized carbons (Fsp3) is 0.632. The van der Waals surface area contributed by atoms with Crippen LogP contribution < -0.4 is 5.32 Å². The number of piperidine rings is 1. The molecule has 2 rings (SSSR count). The molecule has 5 heteroatoms. The normalized spacial score (nSPS) is 17.0. The van der Waals surface area contributed by atoms with Crippen molar-refractivity contribution >= 4 is 33.6 Å². The van der Waals surface area contributed by atoms with Crippen molar-refractivity contribution in [2.45, 2.75) is 44.9 Å². The van der Waals surface area contributed by atoms with Gasteiger partial charge in [-0.15, -0.1) is 0 Å². The van der Waals surface area contributed by atoms with E-state index in [1.54, 1.807) is 0 Å². The molecule has 1 heterocycles. The van der Waals surface area contributed by atoms with Gasteiger partial charge < -0.3 is 5.32 Å². The lowest BCUT2D eigenvalue weighted by Crippen LogP contribution is -2.40. The second kappa shape index (κ2) is 9.25. The molecule has 1 aromatic rings. The Morgan fingerprint density at radius 2 is 2.04 bits per heavy atom. The number of thioether (sulfide) groups is 1. The smallest absolute Gasteiger partial charge is 0.223 e. The molecule has 1 aliphatic heterocycles. The maximum Gasteiger partial charge on any atom is 0.223 e. The number of rotatable bonds is 6. The van der Waals surface area contributed by atoms with Gasteiger partial charge in [-0.3, -0.25) is 9.69 Å². The highest BCUT2D eigenvalue weighted by atomic mass is 79.9. The van der Waals surface area contributed by atoms with Gasteiger partial charge in [-0.2, -0.15) is 11.8 Å². The molecule has 1 aromatic carbocycles. The Labute approximate surface area is 159 Å². The van der Waals surface area contributed by atoms with Crippen LogP contribution in [0.4, 0.5) is 0 Å². The van der Waals surface area contributed by atoms with Crippen LogP contribution in [0.3, 0.4) is 0 Å². The van der Waals surface area contributed by atoms with Gasteiger partial charge in [0.15, 0.2) is 0 Å². The molecule has 0 aliphatic carbocycles. The van der Waals surface area contributed by atoms with E-state index in [4.69, 9.17) is 0 Å². The zero-order chi connectivity index (χ0) is 17.6. The van der Waals surface area contributed by atoms with E-state index in [0.29, 0.717) is 0 Å². The third-order valence-corrected chi connectivity index (χ3v) is 5.96. The fourth-order valence-electron chi connectivity index (χ4n) is 2.92. The van der Waals surface area contributed by atoms with Gasteiger partial charge in [-0.1, -0.05) is 48.8 Å². The van der Waals surface area contributed by atoms with Gasteiger partial charge >= 0.3 is 0 Å². The van der Waals surface area contributed by atoms with Crippen molar-refractivity contribution < 1.29 is 4.79 Å². The first-order chi connectivity index (χ1) is 11.3. The number of carbonyl (C=O) groups is 1. The number of hydrogen-bond donors (Lipinski definition) is 1. The van der Waals surface area contributed by atoms with E-state index >= 15 is 0 Å². The third kappa shape index (κ3) is 7.16. The van der Waals surface area contributed by atoms with Crippen LogP contribution in [0.2, 0.25) is 0 Å². The molecule has 0 radical (unpaired) electrons. The van der Waals surface area contributed by atoms with Crippen molar-refractivity contribution in [2.24, 2.45) is 5.92 Å². The van der Waals surface area contributed by atoms with Crippen LogP contribution in [0.5, 0.6) is 0 Å². The van der Waals surface area contributed by atoms with Crippen molar-refractivity contribution in [1.29, 1.82) is 0 Å². The number of likely N-dealkylation sites (tertiary alicyclic amines) is 1. The van der Waals surface area contributed by atoms with Crippen LogP contribution in [0.25, 0.3) is 0 Å².